The molecule has 0 saturated carbocycles. The van der Waals surface area contributed by atoms with Crippen LogP contribution in [0.1, 0.15) is 49.0 Å². The topological polar surface area (TPSA) is 77.4 Å². The van der Waals surface area contributed by atoms with Crippen LogP contribution in [0, 0.1) is 0 Å². The molecule has 6 unspecified atom stereocenters. The summed E-state index contributed by atoms with van der Waals surface area (Å²) in [6.07, 6.45) is -4.33. The van der Waals surface area contributed by atoms with E-state index in [1.165, 1.54) is 5.56 Å². The van der Waals surface area contributed by atoms with Gasteiger partial charge in [0.2, 0.25) is 0 Å². The van der Waals surface area contributed by atoms with Crippen LogP contribution in [0.4, 0.5) is 0 Å². The molecule has 6 atom stereocenters. The number of halogens is 2. The Hall–Kier alpha value is -1.03. The Morgan fingerprint density at radius 1 is 1.03 bits per heavy atom. The number of ether oxygens (including phenoxy) is 4. The van der Waals surface area contributed by atoms with E-state index in [0.717, 1.165) is 15.6 Å². The molecule has 0 amide bonds. The van der Waals surface area contributed by atoms with Gasteiger partial charge >= 0.3 is 0 Å². The van der Waals surface area contributed by atoms with E-state index in [-0.39, 0.29) is 6.61 Å². The highest BCUT2D eigenvalue weighted by atomic mass is 79.9. The molecule has 0 aromatic heterocycles. The molecule has 2 aromatic rings. The number of rotatable bonds is 5. The van der Waals surface area contributed by atoms with Crippen LogP contribution in [0.2, 0.25) is 5.02 Å². The van der Waals surface area contributed by atoms with Crippen molar-refractivity contribution in [1.29, 1.82) is 0 Å². The molecule has 8 heteroatoms. The third-order valence-corrected chi connectivity index (χ3v) is 6.53. The monoisotopic (exact) mass is 512 g/mol. The van der Waals surface area contributed by atoms with E-state index in [1.54, 1.807) is 12.1 Å². The molecule has 31 heavy (non-hydrogen) atoms. The molecule has 2 aromatic carbocycles. The largest absolute Gasteiger partial charge is 0.394 e. The van der Waals surface area contributed by atoms with Gasteiger partial charge in [0.25, 0.3) is 0 Å². The molecule has 0 spiro atoms. The summed E-state index contributed by atoms with van der Waals surface area (Å²) in [5.74, 6) is 0.370. The fraction of sp³-hybridized carbons (Fsp3) is 0.478. The van der Waals surface area contributed by atoms with E-state index in [0.29, 0.717) is 10.9 Å². The number of hydrogen-bond donors (Lipinski definition) is 2. The minimum absolute atomic E-state index is 0.262. The maximum Gasteiger partial charge on any atom is 0.185 e. The summed E-state index contributed by atoms with van der Waals surface area (Å²) < 4.78 is 25.2. The van der Waals surface area contributed by atoms with Crippen molar-refractivity contribution in [3.05, 3.63) is 68.7 Å². The van der Waals surface area contributed by atoms with E-state index in [2.05, 4.69) is 29.8 Å². The second kappa shape index (κ2) is 9.85. The van der Waals surface area contributed by atoms with Crippen LogP contribution < -0.4 is 0 Å². The molecule has 2 aliphatic heterocycles. The molecule has 2 N–H and O–H groups in total. The Morgan fingerprint density at radius 2 is 1.74 bits per heavy atom. The summed E-state index contributed by atoms with van der Waals surface area (Å²) >= 11 is 9.59. The first-order chi connectivity index (χ1) is 14.9. The van der Waals surface area contributed by atoms with E-state index in [4.69, 9.17) is 30.5 Å². The van der Waals surface area contributed by atoms with Crippen molar-refractivity contribution >= 4 is 27.5 Å². The predicted molar refractivity (Wildman–Crippen MR) is 119 cm³/mol. The first kappa shape index (κ1) is 23.1. The summed E-state index contributed by atoms with van der Waals surface area (Å²) in [6.45, 7) is 4.06. The lowest BCUT2D eigenvalue weighted by molar-refractivity contribution is -0.373. The normalized spacial score (nSPS) is 29.6. The van der Waals surface area contributed by atoms with Gasteiger partial charge in [-0.15, -0.1) is 0 Å². The molecule has 2 aliphatic rings. The van der Waals surface area contributed by atoms with Crippen molar-refractivity contribution in [2.24, 2.45) is 0 Å². The molecule has 0 bridgehead atoms. The van der Waals surface area contributed by atoms with Crippen LogP contribution in [0.15, 0.2) is 46.9 Å². The SMILES string of the molecule is CC(C)c1ccc(C2OC3COC(c4ccc(Cl)cc4)OC3C(C(O)CO)O2)cc1Br. The lowest BCUT2D eigenvalue weighted by Gasteiger charge is -2.47. The molecule has 2 saturated heterocycles. The van der Waals surface area contributed by atoms with Gasteiger partial charge in [-0.05, 0) is 29.7 Å². The van der Waals surface area contributed by atoms with Crippen molar-refractivity contribution < 1.29 is 29.2 Å². The highest BCUT2D eigenvalue weighted by Gasteiger charge is 2.48. The van der Waals surface area contributed by atoms with Gasteiger partial charge in [0.1, 0.15) is 24.4 Å². The van der Waals surface area contributed by atoms with Crippen molar-refractivity contribution in [2.45, 2.75) is 56.8 Å². The molecule has 0 aliphatic carbocycles. The Balaban J connectivity index is 1.56. The lowest BCUT2D eigenvalue weighted by atomic mass is 9.98. The average molecular weight is 514 g/mol. The van der Waals surface area contributed by atoms with E-state index < -0.39 is 43.6 Å². The summed E-state index contributed by atoms with van der Waals surface area (Å²) in [4.78, 5) is 0. The van der Waals surface area contributed by atoms with Crippen molar-refractivity contribution in [3.63, 3.8) is 0 Å². The zero-order valence-electron chi connectivity index (χ0n) is 17.3. The average Bonchev–Trinajstić information content (AvgIpc) is 2.77. The highest BCUT2D eigenvalue weighted by Crippen LogP contribution is 2.40. The quantitative estimate of drug-likeness (QED) is 0.614. The third-order valence-electron chi connectivity index (χ3n) is 5.59. The lowest BCUT2D eigenvalue weighted by Crippen LogP contribution is -2.58. The van der Waals surface area contributed by atoms with Gasteiger partial charge in [0, 0.05) is 20.6 Å². The van der Waals surface area contributed by atoms with Crippen LogP contribution >= 0.6 is 27.5 Å². The van der Waals surface area contributed by atoms with Crippen LogP contribution in [0.25, 0.3) is 0 Å². The van der Waals surface area contributed by atoms with Crippen molar-refractivity contribution in [2.75, 3.05) is 13.2 Å². The van der Waals surface area contributed by atoms with Gasteiger partial charge in [-0.3, -0.25) is 0 Å². The molecule has 168 valence electrons. The number of benzene rings is 2. The van der Waals surface area contributed by atoms with Gasteiger partial charge in [0.15, 0.2) is 12.6 Å². The Morgan fingerprint density at radius 3 is 2.39 bits per heavy atom. The number of aliphatic hydroxyl groups excluding tert-OH is 2. The Labute approximate surface area is 195 Å². The number of aliphatic hydroxyl groups is 2. The second-order valence-electron chi connectivity index (χ2n) is 8.11. The maximum atomic E-state index is 10.5. The second-order valence-corrected chi connectivity index (χ2v) is 9.40. The Kier molecular flexibility index (Phi) is 7.35. The summed E-state index contributed by atoms with van der Waals surface area (Å²) in [5, 5.41) is 20.7. The van der Waals surface area contributed by atoms with Gasteiger partial charge < -0.3 is 29.2 Å². The summed E-state index contributed by atoms with van der Waals surface area (Å²) in [7, 11) is 0. The number of fused-ring (bicyclic) bond motifs is 1. The van der Waals surface area contributed by atoms with Gasteiger partial charge in [-0.25, -0.2) is 0 Å². The van der Waals surface area contributed by atoms with E-state index >= 15 is 0 Å². The fourth-order valence-electron chi connectivity index (χ4n) is 3.89. The van der Waals surface area contributed by atoms with Crippen LogP contribution in [0.5, 0.6) is 0 Å². The molecule has 0 radical (unpaired) electrons. The first-order valence-electron chi connectivity index (χ1n) is 10.3. The van der Waals surface area contributed by atoms with Gasteiger partial charge in [-0.1, -0.05) is 65.6 Å². The third kappa shape index (κ3) is 4.99. The van der Waals surface area contributed by atoms with Gasteiger partial charge in [-0.2, -0.15) is 0 Å². The number of hydrogen-bond acceptors (Lipinski definition) is 6. The summed E-state index contributed by atoms with van der Waals surface area (Å²) in [5.41, 5.74) is 2.79. The molecule has 2 heterocycles. The molecular weight excluding hydrogens is 488 g/mol. The first-order valence-corrected chi connectivity index (χ1v) is 11.5. The van der Waals surface area contributed by atoms with Crippen molar-refractivity contribution in [3.8, 4) is 0 Å². The van der Waals surface area contributed by atoms with E-state index in [9.17, 15) is 10.2 Å². The van der Waals surface area contributed by atoms with E-state index in [1.807, 2.05) is 30.3 Å². The van der Waals surface area contributed by atoms with Crippen LogP contribution in [-0.4, -0.2) is 47.8 Å². The van der Waals surface area contributed by atoms with Crippen LogP contribution in [0.3, 0.4) is 0 Å². The maximum absolute atomic E-state index is 10.5. The zero-order valence-corrected chi connectivity index (χ0v) is 19.6. The Bertz CT molecular complexity index is 892. The fourth-order valence-corrected chi connectivity index (χ4v) is 4.87. The smallest absolute Gasteiger partial charge is 0.185 e. The highest BCUT2D eigenvalue weighted by molar-refractivity contribution is 9.10. The zero-order chi connectivity index (χ0) is 22.1. The minimum atomic E-state index is -1.12. The molecule has 2 fully saturated rings. The molecule has 4 rings (SSSR count). The van der Waals surface area contributed by atoms with Gasteiger partial charge in [0.05, 0.1) is 13.2 Å². The van der Waals surface area contributed by atoms with Crippen molar-refractivity contribution in [1.82, 2.24) is 0 Å². The molecular formula is C23H26BrClO6. The van der Waals surface area contributed by atoms with Crippen LogP contribution in [-0.2, 0) is 18.9 Å². The summed E-state index contributed by atoms with van der Waals surface area (Å²) in [6, 6.07) is 13.1. The predicted octanol–water partition coefficient (Wildman–Crippen LogP) is 4.48. The minimum Gasteiger partial charge on any atom is -0.394 e. The standard InChI is InChI=1S/C23H26BrClO6/c1-12(2)16-8-5-14(9-17(16)24)23-29-19-11-28-22(13-3-6-15(25)7-4-13)31-21(19)20(30-23)18(27)10-26/h3-9,12,18-23,26-27H,10-11H2,1-2H3. The molecule has 6 nitrogen and oxygen atoms in total.